The highest BCUT2D eigenvalue weighted by Crippen LogP contribution is 2.30. The van der Waals surface area contributed by atoms with Gasteiger partial charge >= 0.3 is 0 Å². The average molecular weight is 383 g/mol. The van der Waals surface area contributed by atoms with Gasteiger partial charge in [0.15, 0.2) is 5.78 Å². The molecule has 1 fully saturated rings. The first-order valence-electron chi connectivity index (χ1n) is 8.83. The zero-order valence-corrected chi connectivity index (χ0v) is 15.3. The van der Waals surface area contributed by atoms with E-state index in [0.29, 0.717) is 41.8 Å². The fraction of sp³-hybridized carbons (Fsp3) is 0.238. The molecule has 2 heterocycles. The van der Waals surface area contributed by atoms with E-state index >= 15 is 0 Å². The molecule has 1 aliphatic heterocycles. The van der Waals surface area contributed by atoms with Gasteiger partial charge in [-0.25, -0.2) is 4.39 Å². The summed E-state index contributed by atoms with van der Waals surface area (Å²) in [5, 5.41) is 9.82. The lowest BCUT2D eigenvalue weighted by atomic mass is 9.89. The van der Waals surface area contributed by atoms with E-state index in [1.165, 1.54) is 29.5 Å². The molecular weight excluding hydrogens is 365 g/mol. The summed E-state index contributed by atoms with van der Waals surface area (Å²) in [4.78, 5) is 27.6. The van der Waals surface area contributed by atoms with Crippen LogP contribution in [0.15, 0.2) is 48.5 Å². The van der Waals surface area contributed by atoms with Gasteiger partial charge < -0.3 is 10.0 Å². The van der Waals surface area contributed by atoms with E-state index in [0.717, 1.165) is 4.70 Å². The Morgan fingerprint density at radius 2 is 1.78 bits per heavy atom. The van der Waals surface area contributed by atoms with Gasteiger partial charge in [0.2, 0.25) is 0 Å². The third-order valence-electron chi connectivity index (χ3n) is 5.02. The molecule has 0 spiro atoms. The largest absolute Gasteiger partial charge is 0.508 e. The van der Waals surface area contributed by atoms with Crippen molar-refractivity contribution >= 4 is 33.1 Å². The molecule has 0 radical (unpaired) electrons. The molecule has 2 aromatic carbocycles. The maximum Gasteiger partial charge on any atom is 0.263 e. The number of phenols is 1. The van der Waals surface area contributed by atoms with Crippen molar-refractivity contribution in [2.24, 2.45) is 5.92 Å². The SMILES string of the molecule is O=C(c1ccc(O)cc1)C1CCN(C(=O)c2cc3c(F)cccc3s2)CC1. The van der Waals surface area contributed by atoms with Gasteiger partial charge in [-0.3, -0.25) is 9.59 Å². The van der Waals surface area contributed by atoms with Crippen molar-refractivity contribution < 1.29 is 19.1 Å². The number of carbonyl (C=O) groups excluding carboxylic acids is 2. The summed E-state index contributed by atoms with van der Waals surface area (Å²) in [5.41, 5.74) is 0.581. The number of thiophene rings is 1. The zero-order chi connectivity index (χ0) is 19.0. The minimum Gasteiger partial charge on any atom is -0.508 e. The van der Waals surface area contributed by atoms with Crippen LogP contribution in [-0.4, -0.2) is 34.8 Å². The second-order valence-corrected chi connectivity index (χ2v) is 7.82. The first kappa shape index (κ1) is 17.7. The summed E-state index contributed by atoms with van der Waals surface area (Å²) in [5.74, 6) is -0.372. The van der Waals surface area contributed by atoms with Crippen LogP contribution in [0.5, 0.6) is 5.75 Å². The molecule has 6 heteroatoms. The molecule has 0 bridgehead atoms. The smallest absolute Gasteiger partial charge is 0.263 e. The number of hydrogen-bond donors (Lipinski definition) is 1. The van der Waals surface area contributed by atoms with E-state index in [1.54, 1.807) is 29.2 Å². The maximum atomic E-state index is 13.9. The van der Waals surface area contributed by atoms with Crippen molar-refractivity contribution in [3.8, 4) is 5.75 Å². The lowest BCUT2D eigenvalue weighted by Crippen LogP contribution is -2.40. The Balaban J connectivity index is 1.43. The number of nitrogens with zero attached hydrogens (tertiary/aromatic N) is 1. The zero-order valence-electron chi connectivity index (χ0n) is 14.5. The molecule has 27 heavy (non-hydrogen) atoms. The molecular formula is C21H18FNO3S. The molecule has 3 aromatic rings. The number of halogens is 1. The van der Waals surface area contributed by atoms with Gasteiger partial charge in [0.25, 0.3) is 5.91 Å². The first-order valence-corrected chi connectivity index (χ1v) is 9.65. The van der Waals surface area contributed by atoms with Crippen molar-refractivity contribution in [1.29, 1.82) is 0 Å². The topological polar surface area (TPSA) is 57.6 Å². The summed E-state index contributed by atoms with van der Waals surface area (Å²) in [6.07, 6.45) is 1.20. The van der Waals surface area contributed by atoms with Crippen molar-refractivity contribution in [2.45, 2.75) is 12.8 Å². The van der Waals surface area contributed by atoms with Crippen LogP contribution in [0.3, 0.4) is 0 Å². The van der Waals surface area contributed by atoms with Crippen molar-refractivity contribution in [2.75, 3.05) is 13.1 Å². The Hall–Kier alpha value is -2.73. The number of fused-ring (bicyclic) bond motifs is 1. The summed E-state index contributed by atoms with van der Waals surface area (Å²) in [6, 6.07) is 12.7. The average Bonchev–Trinajstić information content (AvgIpc) is 3.13. The number of rotatable bonds is 3. The molecule has 0 aliphatic carbocycles. The molecule has 1 aromatic heterocycles. The first-order chi connectivity index (χ1) is 13.0. The molecule has 0 atom stereocenters. The van der Waals surface area contributed by atoms with Gasteiger partial charge in [-0.1, -0.05) is 6.07 Å². The standard InChI is InChI=1S/C21H18FNO3S/c22-17-2-1-3-18-16(17)12-19(27-18)21(26)23-10-8-14(9-11-23)20(25)13-4-6-15(24)7-5-13/h1-7,12,14,24H,8-11H2. The Bertz CT molecular complexity index is 1000. The van der Waals surface area contributed by atoms with E-state index in [-0.39, 0.29) is 29.2 Å². The third-order valence-corrected chi connectivity index (χ3v) is 6.11. The Morgan fingerprint density at radius 1 is 1.07 bits per heavy atom. The quantitative estimate of drug-likeness (QED) is 0.679. The third kappa shape index (κ3) is 3.45. The number of benzene rings is 2. The molecule has 1 saturated heterocycles. The van der Waals surface area contributed by atoms with Crippen LogP contribution < -0.4 is 0 Å². The minimum absolute atomic E-state index is 0.0473. The number of Topliss-reactive ketones (excluding diaryl/α,β-unsaturated/α-hetero) is 1. The summed E-state index contributed by atoms with van der Waals surface area (Å²) in [6.45, 7) is 1.01. The van der Waals surface area contributed by atoms with Crippen molar-refractivity contribution in [3.63, 3.8) is 0 Å². The van der Waals surface area contributed by atoms with Gasteiger partial charge in [0.05, 0.1) is 4.88 Å². The van der Waals surface area contributed by atoms with Gasteiger partial charge in [-0.2, -0.15) is 0 Å². The molecule has 138 valence electrons. The fourth-order valence-electron chi connectivity index (χ4n) is 3.49. The van der Waals surface area contributed by atoms with Gasteiger partial charge in [-0.05, 0) is 55.3 Å². The highest BCUT2D eigenvalue weighted by molar-refractivity contribution is 7.20. The lowest BCUT2D eigenvalue weighted by Gasteiger charge is -2.31. The van der Waals surface area contributed by atoms with Crippen LogP contribution in [0.4, 0.5) is 4.39 Å². The number of piperidine rings is 1. The normalized spacial score (nSPS) is 15.2. The van der Waals surface area contributed by atoms with E-state index in [1.807, 2.05) is 6.07 Å². The Kier molecular flexibility index (Phi) is 4.66. The van der Waals surface area contributed by atoms with Crippen molar-refractivity contribution in [1.82, 2.24) is 4.90 Å². The van der Waals surface area contributed by atoms with Gasteiger partial charge in [-0.15, -0.1) is 11.3 Å². The summed E-state index contributed by atoms with van der Waals surface area (Å²) in [7, 11) is 0. The predicted octanol–water partition coefficient (Wildman–Crippen LogP) is 4.48. The molecule has 1 N–H and O–H groups in total. The highest BCUT2D eigenvalue weighted by Gasteiger charge is 2.29. The minimum atomic E-state index is -0.319. The molecule has 4 rings (SSSR count). The second kappa shape index (κ2) is 7.12. The number of carbonyl (C=O) groups is 2. The molecule has 4 nitrogen and oxygen atoms in total. The molecule has 1 aliphatic rings. The van der Waals surface area contributed by atoms with Crippen LogP contribution in [-0.2, 0) is 0 Å². The van der Waals surface area contributed by atoms with Gasteiger partial charge in [0.1, 0.15) is 11.6 Å². The van der Waals surface area contributed by atoms with Crippen LogP contribution in [0.25, 0.3) is 10.1 Å². The monoisotopic (exact) mass is 383 g/mol. The van der Waals surface area contributed by atoms with Crippen molar-refractivity contribution in [3.05, 3.63) is 64.8 Å². The highest BCUT2D eigenvalue weighted by atomic mass is 32.1. The van der Waals surface area contributed by atoms with E-state index in [9.17, 15) is 19.1 Å². The number of amides is 1. The Morgan fingerprint density at radius 3 is 2.44 bits per heavy atom. The van der Waals surface area contributed by atoms with Crippen LogP contribution in [0.2, 0.25) is 0 Å². The van der Waals surface area contributed by atoms with E-state index in [2.05, 4.69) is 0 Å². The number of hydrogen-bond acceptors (Lipinski definition) is 4. The van der Waals surface area contributed by atoms with Crippen LogP contribution in [0, 0.1) is 11.7 Å². The van der Waals surface area contributed by atoms with Crippen LogP contribution in [0.1, 0.15) is 32.9 Å². The van der Waals surface area contributed by atoms with Crippen LogP contribution >= 0.6 is 11.3 Å². The molecule has 1 amide bonds. The fourth-order valence-corrected chi connectivity index (χ4v) is 4.54. The second-order valence-electron chi connectivity index (χ2n) is 6.74. The Labute approximate surface area is 159 Å². The predicted molar refractivity (Wildman–Crippen MR) is 103 cm³/mol. The maximum absolute atomic E-state index is 13.9. The van der Waals surface area contributed by atoms with E-state index < -0.39 is 0 Å². The number of phenolic OH excluding ortho intramolecular Hbond substituents is 1. The number of aromatic hydroxyl groups is 1. The van der Waals surface area contributed by atoms with Gasteiger partial charge in [0, 0.05) is 34.7 Å². The number of ketones is 1. The molecule has 0 unspecified atom stereocenters. The lowest BCUT2D eigenvalue weighted by molar-refractivity contribution is 0.0654. The number of likely N-dealkylation sites (tertiary alicyclic amines) is 1. The summed E-state index contributed by atoms with van der Waals surface area (Å²) < 4.78 is 14.6. The molecule has 0 saturated carbocycles. The summed E-state index contributed by atoms with van der Waals surface area (Å²) >= 11 is 1.30. The van der Waals surface area contributed by atoms with E-state index in [4.69, 9.17) is 0 Å².